The molecule has 0 radical (unpaired) electrons. The van der Waals surface area contributed by atoms with E-state index in [2.05, 4.69) is 4.98 Å². The summed E-state index contributed by atoms with van der Waals surface area (Å²) < 4.78 is 44.6. The fraction of sp³-hybridized carbons (Fsp3) is 0.700. The number of likely N-dealkylation sites (tertiary alicyclic amines) is 1. The summed E-state index contributed by atoms with van der Waals surface area (Å²) in [5.41, 5.74) is -0.505. The second kappa shape index (κ2) is 6.38. The normalized spacial score (nSPS) is 22.8. The summed E-state index contributed by atoms with van der Waals surface area (Å²) in [6.45, 7) is 9.51. The Morgan fingerprint density at radius 3 is 2.41 bits per heavy atom. The van der Waals surface area contributed by atoms with Gasteiger partial charge in [0.2, 0.25) is 0 Å². The molecule has 2 unspecified atom stereocenters. The summed E-state index contributed by atoms with van der Waals surface area (Å²) in [5.74, 6) is -0.160. The van der Waals surface area contributed by atoms with Gasteiger partial charge in [-0.25, -0.2) is 4.79 Å². The number of alkyl halides is 3. The summed E-state index contributed by atoms with van der Waals surface area (Å²) in [6, 6.07) is 1.41. The molecule has 2 fully saturated rings. The van der Waals surface area contributed by atoms with E-state index >= 15 is 0 Å². The Labute approximate surface area is 158 Å². The average Bonchev–Trinajstić information content (AvgIpc) is 2.41. The maximum absolute atomic E-state index is 13.0. The SMILES string of the molecule is Cc1cc(C(C)C2N(C(=O)OC(C)(C)C)CC23CCC3)ncc1C(F)(F)F. The van der Waals surface area contributed by atoms with E-state index in [0.717, 1.165) is 25.5 Å². The number of halogens is 3. The maximum atomic E-state index is 13.0. The molecule has 2 atom stereocenters. The number of aryl methyl sites for hydroxylation is 1. The molecule has 0 N–H and O–H groups in total. The van der Waals surface area contributed by atoms with Crippen LogP contribution in [0.5, 0.6) is 0 Å². The molecule has 1 saturated heterocycles. The summed E-state index contributed by atoms with van der Waals surface area (Å²) in [6.07, 6.45) is -0.689. The third kappa shape index (κ3) is 3.65. The van der Waals surface area contributed by atoms with E-state index in [4.69, 9.17) is 4.74 Å². The van der Waals surface area contributed by atoms with Crippen molar-refractivity contribution < 1.29 is 22.7 Å². The summed E-state index contributed by atoms with van der Waals surface area (Å²) in [4.78, 5) is 18.4. The van der Waals surface area contributed by atoms with Crippen molar-refractivity contribution in [2.45, 2.75) is 77.6 Å². The Morgan fingerprint density at radius 1 is 1.33 bits per heavy atom. The zero-order valence-corrected chi connectivity index (χ0v) is 16.5. The zero-order chi connectivity index (χ0) is 20.2. The van der Waals surface area contributed by atoms with Crippen LogP contribution in [0.25, 0.3) is 0 Å². The van der Waals surface area contributed by atoms with Crippen LogP contribution >= 0.6 is 0 Å². The average molecular weight is 384 g/mol. The minimum atomic E-state index is -4.41. The third-order valence-electron chi connectivity index (χ3n) is 5.80. The van der Waals surface area contributed by atoms with Crippen molar-refractivity contribution in [1.82, 2.24) is 9.88 Å². The van der Waals surface area contributed by atoms with Crippen LogP contribution in [-0.2, 0) is 10.9 Å². The topological polar surface area (TPSA) is 42.4 Å². The zero-order valence-electron chi connectivity index (χ0n) is 16.5. The molecule has 7 heteroatoms. The van der Waals surface area contributed by atoms with E-state index in [0.29, 0.717) is 12.2 Å². The third-order valence-corrected chi connectivity index (χ3v) is 5.80. The van der Waals surface area contributed by atoms with E-state index in [9.17, 15) is 18.0 Å². The van der Waals surface area contributed by atoms with Crippen molar-refractivity contribution in [2.75, 3.05) is 6.54 Å². The number of carbonyl (C=O) groups excluding carboxylic acids is 1. The highest BCUT2D eigenvalue weighted by Gasteiger charge is 2.60. The summed E-state index contributed by atoms with van der Waals surface area (Å²) >= 11 is 0. The number of hydrogen-bond acceptors (Lipinski definition) is 3. The number of ether oxygens (including phenoxy) is 1. The quantitative estimate of drug-likeness (QED) is 0.695. The number of nitrogens with zero attached hydrogens (tertiary/aromatic N) is 2. The van der Waals surface area contributed by atoms with E-state index < -0.39 is 17.3 Å². The first kappa shape index (κ1) is 20.0. The van der Waals surface area contributed by atoms with E-state index in [-0.39, 0.29) is 29.0 Å². The second-order valence-electron chi connectivity index (χ2n) is 8.98. The number of hydrogen-bond donors (Lipinski definition) is 0. The second-order valence-corrected chi connectivity index (χ2v) is 8.98. The largest absolute Gasteiger partial charge is 0.444 e. The van der Waals surface area contributed by atoms with Crippen molar-refractivity contribution in [3.8, 4) is 0 Å². The maximum Gasteiger partial charge on any atom is 0.418 e. The molecule has 1 aliphatic heterocycles. The van der Waals surface area contributed by atoms with Gasteiger partial charge in [0, 0.05) is 29.8 Å². The molecule has 4 nitrogen and oxygen atoms in total. The van der Waals surface area contributed by atoms with Gasteiger partial charge in [-0.05, 0) is 52.2 Å². The van der Waals surface area contributed by atoms with Crippen LogP contribution in [0.2, 0.25) is 0 Å². The standard InChI is InChI=1S/C20H27F3N2O2/c1-12-9-15(24-10-14(12)20(21,22)23)13(2)16-19(7-6-8-19)11-25(16)17(26)27-18(3,4)5/h9-10,13,16H,6-8,11H2,1-5H3. The minimum absolute atomic E-state index is 0.0502. The molecule has 2 aliphatic rings. The predicted molar refractivity (Wildman–Crippen MR) is 95.4 cm³/mol. The van der Waals surface area contributed by atoms with Crippen LogP contribution in [0.1, 0.15) is 69.7 Å². The van der Waals surface area contributed by atoms with Gasteiger partial charge in [0.05, 0.1) is 11.6 Å². The minimum Gasteiger partial charge on any atom is -0.444 e. The van der Waals surface area contributed by atoms with Crippen LogP contribution in [0, 0.1) is 12.3 Å². The van der Waals surface area contributed by atoms with Crippen molar-refractivity contribution >= 4 is 6.09 Å². The van der Waals surface area contributed by atoms with Gasteiger partial charge in [0.15, 0.2) is 0 Å². The van der Waals surface area contributed by atoms with Crippen molar-refractivity contribution in [2.24, 2.45) is 5.41 Å². The van der Waals surface area contributed by atoms with Crippen LogP contribution in [0.3, 0.4) is 0 Å². The fourth-order valence-corrected chi connectivity index (χ4v) is 4.42. The predicted octanol–water partition coefficient (Wildman–Crippen LogP) is 5.30. The van der Waals surface area contributed by atoms with Gasteiger partial charge < -0.3 is 9.64 Å². The summed E-state index contributed by atoms with van der Waals surface area (Å²) in [5, 5.41) is 0. The molecule has 1 amide bonds. The lowest BCUT2D eigenvalue weighted by Crippen LogP contribution is -2.70. The lowest BCUT2D eigenvalue weighted by Gasteiger charge is -2.63. The number of aromatic nitrogens is 1. The van der Waals surface area contributed by atoms with E-state index in [1.54, 1.807) is 4.90 Å². The molecule has 1 saturated carbocycles. The highest BCUT2D eigenvalue weighted by Crippen LogP contribution is 2.57. The van der Waals surface area contributed by atoms with Gasteiger partial charge in [-0.1, -0.05) is 13.3 Å². The van der Waals surface area contributed by atoms with Crippen LogP contribution in [0.15, 0.2) is 12.3 Å². The van der Waals surface area contributed by atoms with Gasteiger partial charge in [-0.2, -0.15) is 13.2 Å². The van der Waals surface area contributed by atoms with Gasteiger partial charge in [0.1, 0.15) is 5.60 Å². The van der Waals surface area contributed by atoms with Crippen LogP contribution < -0.4 is 0 Å². The highest BCUT2D eigenvalue weighted by molar-refractivity contribution is 5.70. The Bertz CT molecular complexity index is 736. The molecule has 1 spiro atoms. The van der Waals surface area contributed by atoms with E-state index in [1.807, 2.05) is 27.7 Å². The van der Waals surface area contributed by atoms with Crippen LogP contribution in [-0.4, -0.2) is 34.2 Å². The lowest BCUT2D eigenvalue weighted by molar-refractivity contribution is -0.138. The molecule has 3 rings (SSSR count). The van der Waals surface area contributed by atoms with Crippen molar-refractivity contribution in [3.05, 3.63) is 29.1 Å². The van der Waals surface area contributed by atoms with Crippen molar-refractivity contribution in [3.63, 3.8) is 0 Å². The number of amides is 1. The summed E-state index contributed by atoms with van der Waals surface area (Å²) in [7, 11) is 0. The highest BCUT2D eigenvalue weighted by atomic mass is 19.4. The molecule has 1 aromatic rings. The van der Waals surface area contributed by atoms with E-state index in [1.165, 1.54) is 13.0 Å². The Hall–Kier alpha value is -1.79. The van der Waals surface area contributed by atoms with Gasteiger partial charge in [-0.3, -0.25) is 4.98 Å². The molecule has 150 valence electrons. The smallest absolute Gasteiger partial charge is 0.418 e. The van der Waals surface area contributed by atoms with Gasteiger partial charge >= 0.3 is 12.3 Å². The molecular weight excluding hydrogens is 357 g/mol. The molecule has 0 bridgehead atoms. The number of pyridine rings is 1. The lowest BCUT2D eigenvalue weighted by atomic mass is 9.55. The molecular formula is C20H27F3N2O2. The van der Waals surface area contributed by atoms with Crippen molar-refractivity contribution in [1.29, 1.82) is 0 Å². The molecule has 0 aromatic carbocycles. The molecule has 27 heavy (non-hydrogen) atoms. The molecule has 1 aromatic heterocycles. The first-order chi connectivity index (χ1) is 12.3. The number of rotatable bonds is 2. The Balaban J connectivity index is 1.85. The van der Waals surface area contributed by atoms with Crippen LogP contribution in [0.4, 0.5) is 18.0 Å². The Morgan fingerprint density at radius 2 is 1.96 bits per heavy atom. The first-order valence-corrected chi connectivity index (χ1v) is 9.37. The molecule has 1 aliphatic carbocycles. The van der Waals surface area contributed by atoms with Gasteiger partial charge in [-0.15, -0.1) is 0 Å². The molecule has 2 heterocycles. The monoisotopic (exact) mass is 384 g/mol. The first-order valence-electron chi connectivity index (χ1n) is 9.37. The Kier molecular flexibility index (Phi) is 4.72. The van der Waals surface area contributed by atoms with Gasteiger partial charge in [0.25, 0.3) is 0 Å². The number of carbonyl (C=O) groups is 1. The fourth-order valence-electron chi connectivity index (χ4n) is 4.42.